The number of amides is 2. The molecule has 8 nitrogen and oxygen atoms in total. The third-order valence-electron chi connectivity index (χ3n) is 7.65. The van der Waals surface area contributed by atoms with Gasteiger partial charge in [-0.2, -0.15) is 0 Å². The predicted molar refractivity (Wildman–Crippen MR) is 190 cm³/mol. The first-order valence-corrected chi connectivity index (χ1v) is 18.0. The van der Waals surface area contributed by atoms with Crippen molar-refractivity contribution in [2.75, 3.05) is 17.5 Å². The van der Waals surface area contributed by atoms with Gasteiger partial charge in [-0.15, -0.1) is 0 Å². The van der Waals surface area contributed by atoms with Gasteiger partial charge in [-0.3, -0.25) is 13.9 Å². The van der Waals surface area contributed by atoms with Crippen LogP contribution in [-0.4, -0.2) is 50.4 Å². The summed E-state index contributed by atoms with van der Waals surface area (Å²) in [6.45, 7) is 5.69. The van der Waals surface area contributed by atoms with Crippen molar-refractivity contribution in [2.24, 2.45) is 0 Å². The van der Waals surface area contributed by atoms with Crippen molar-refractivity contribution in [1.82, 2.24) is 10.2 Å². The number of anilines is 1. The zero-order chi connectivity index (χ0) is 34.0. The number of nitrogens with zero attached hydrogens (tertiary/aromatic N) is 2. The van der Waals surface area contributed by atoms with Gasteiger partial charge >= 0.3 is 0 Å². The molecule has 47 heavy (non-hydrogen) atoms. The Morgan fingerprint density at radius 3 is 2.11 bits per heavy atom. The van der Waals surface area contributed by atoms with Crippen LogP contribution in [0.1, 0.15) is 38.3 Å². The molecule has 0 saturated carbocycles. The molecule has 0 saturated heterocycles. The van der Waals surface area contributed by atoms with E-state index in [0.29, 0.717) is 23.8 Å². The van der Waals surface area contributed by atoms with E-state index in [9.17, 15) is 18.0 Å². The summed E-state index contributed by atoms with van der Waals surface area (Å²) in [7, 11) is -4.25. The lowest BCUT2D eigenvalue weighted by molar-refractivity contribution is -0.140. The second-order valence-corrected chi connectivity index (χ2v) is 14.3. The number of carbonyl (C=O) groups is 2. The number of ether oxygens (including phenoxy) is 1. The van der Waals surface area contributed by atoms with E-state index in [1.165, 1.54) is 29.2 Å². The summed E-state index contributed by atoms with van der Waals surface area (Å²) in [6.07, 6.45) is 0.938. The van der Waals surface area contributed by atoms with Crippen LogP contribution in [0.15, 0.2) is 112 Å². The number of sulfonamides is 1. The summed E-state index contributed by atoms with van der Waals surface area (Å²) in [5, 5.41) is 3.43. The highest BCUT2D eigenvalue weighted by molar-refractivity contribution is 9.10. The molecule has 248 valence electrons. The first-order chi connectivity index (χ1) is 22.5. The van der Waals surface area contributed by atoms with Crippen LogP contribution in [0.25, 0.3) is 0 Å². The second kappa shape index (κ2) is 16.8. The molecule has 2 unspecified atom stereocenters. The normalized spacial score (nSPS) is 12.5. The number of nitrogens with one attached hydrogen (secondary N) is 1. The van der Waals surface area contributed by atoms with Gasteiger partial charge in [0.25, 0.3) is 10.0 Å². The number of carbonyl (C=O) groups excluding carboxylic acids is 2. The van der Waals surface area contributed by atoms with E-state index < -0.39 is 28.5 Å². The first-order valence-electron chi connectivity index (χ1n) is 15.4. The van der Waals surface area contributed by atoms with Crippen molar-refractivity contribution >= 4 is 55.1 Å². The van der Waals surface area contributed by atoms with E-state index in [2.05, 4.69) is 21.2 Å². The topological polar surface area (TPSA) is 96.0 Å². The van der Waals surface area contributed by atoms with Crippen LogP contribution in [0, 0.1) is 0 Å². The van der Waals surface area contributed by atoms with Crippen LogP contribution in [0.2, 0.25) is 5.02 Å². The minimum atomic E-state index is -4.25. The van der Waals surface area contributed by atoms with Crippen molar-refractivity contribution in [3.05, 3.63) is 124 Å². The molecule has 0 heterocycles. The Bertz CT molecular complexity index is 1720. The van der Waals surface area contributed by atoms with Crippen LogP contribution >= 0.6 is 27.5 Å². The SMILES string of the molecule is CCOc1ccc(N(CC(=O)N(Cc2ccc(Br)cc2)C(Cc2ccccc2)C(=O)NC(C)CC)S(=O)(=O)c2ccc(Cl)cc2)cc1. The minimum absolute atomic E-state index is 0.0293. The summed E-state index contributed by atoms with van der Waals surface area (Å²) >= 11 is 9.53. The molecule has 0 aliphatic carbocycles. The standard InChI is InChI=1S/C36H39BrClN3O5S/c1-4-26(3)39-36(43)34(23-27-9-7-6-8-10-27)40(24-28-11-13-29(37)14-12-28)35(42)25-41(31-17-19-32(20-18-31)46-5-2)47(44,45)33-21-15-30(38)16-22-33/h6-22,26,34H,4-5,23-25H2,1-3H3,(H,39,43). The van der Waals surface area contributed by atoms with Crippen molar-refractivity contribution in [3.63, 3.8) is 0 Å². The number of rotatable bonds is 15. The molecule has 0 fully saturated rings. The molecule has 1 N–H and O–H groups in total. The maximum absolute atomic E-state index is 14.6. The van der Waals surface area contributed by atoms with Gasteiger partial charge in [0.15, 0.2) is 0 Å². The summed E-state index contributed by atoms with van der Waals surface area (Å²) in [5.74, 6) is -0.297. The zero-order valence-electron chi connectivity index (χ0n) is 26.6. The summed E-state index contributed by atoms with van der Waals surface area (Å²) in [4.78, 5) is 30.0. The molecule has 4 aromatic rings. The summed E-state index contributed by atoms with van der Waals surface area (Å²) < 4.78 is 35.9. The Balaban J connectivity index is 1.80. The lowest BCUT2D eigenvalue weighted by Crippen LogP contribution is -2.54. The van der Waals surface area contributed by atoms with Gasteiger partial charge in [-0.25, -0.2) is 8.42 Å². The number of hydrogen-bond donors (Lipinski definition) is 1. The smallest absolute Gasteiger partial charge is 0.264 e. The predicted octanol–water partition coefficient (Wildman–Crippen LogP) is 7.25. The molecule has 11 heteroatoms. The molecule has 0 aliphatic heterocycles. The van der Waals surface area contributed by atoms with Gasteiger partial charge in [-0.05, 0) is 92.1 Å². The van der Waals surface area contributed by atoms with Crippen LogP contribution in [-0.2, 0) is 32.6 Å². The lowest BCUT2D eigenvalue weighted by Gasteiger charge is -2.34. The molecule has 0 aromatic heterocycles. The fraction of sp³-hybridized carbons (Fsp3) is 0.278. The largest absolute Gasteiger partial charge is 0.494 e. The van der Waals surface area contributed by atoms with Gasteiger partial charge in [0.1, 0.15) is 18.3 Å². The highest BCUT2D eigenvalue weighted by Crippen LogP contribution is 2.28. The number of halogens is 2. The Labute approximate surface area is 290 Å². The van der Waals surface area contributed by atoms with E-state index in [1.807, 2.05) is 75.4 Å². The molecule has 2 amide bonds. The second-order valence-electron chi connectivity index (χ2n) is 11.1. The summed E-state index contributed by atoms with van der Waals surface area (Å²) in [6, 6.07) is 28.2. The van der Waals surface area contributed by atoms with Crippen molar-refractivity contribution in [3.8, 4) is 5.75 Å². The third-order valence-corrected chi connectivity index (χ3v) is 10.2. The Kier molecular flexibility index (Phi) is 12.9. The van der Waals surface area contributed by atoms with E-state index >= 15 is 0 Å². The van der Waals surface area contributed by atoms with Crippen molar-refractivity contribution < 1.29 is 22.7 Å². The van der Waals surface area contributed by atoms with Gasteiger partial charge in [0.05, 0.1) is 17.2 Å². The van der Waals surface area contributed by atoms with E-state index in [-0.39, 0.29) is 35.5 Å². The molecular formula is C36H39BrClN3O5S. The van der Waals surface area contributed by atoms with Gasteiger partial charge in [0, 0.05) is 28.5 Å². The molecule has 0 aliphatic rings. The molecule has 4 rings (SSSR count). The summed E-state index contributed by atoms with van der Waals surface area (Å²) in [5.41, 5.74) is 1.91. The highest BCUT2D eigenvalue weighted by Gasteiger charge is 2.35. The average molecular weight is 741 g/mol. The minimum Gasteiger partial charge on any atom is -0.494 e. The van der Waals surface area contributed by atoms with E-state index in [4.69, 9.17) is 16.3 Å². The Morgan fingerprint density at radius 2 is 1.51 bits per heavy atom. The average Bonchev–Trinajstić information content (AvgIpc) is 3.07. The van der Waals surface area contributed by atoms with Gasteiger partial charge in [-0.1, -0.05) is 76.9 Å². The maximum atomic E-state index is 14.6. The van der Waals surface area contributed by atoms with Crippen LogP contribution in [0.3, 0.4) is 0 Å². The monoisotopic (exact) mass is 739 g/mol. The highest BCUT2D eigenvalue weighted by atomic mass is 79.9. The lowest BCUT2D eigenvalue weighted by atomic mass is 10.0. The van der Waals surface area contributed by atoms with Crippen molar-refractivity contribution in [2.45, 2.75) is 57.1 Å². The Hall–Kier alpha value is -3.86. The van der Waals surface area contributed by atoms with Gasteiger partial charge in [0.2, 0.25) is 11.8 Å². The van der Waals surface area contributed by atoms with Gasteiger partial charge < -0.3 is 15.0 Å². The fourth-order valence-electron chi connectivity index (χ4n) is 4.92. The molecular weight excluding hydrogens is 702 g/mol. The Morgan fingerprint density at radius 1 is 0.872 bits per heavy atom. The van der Waals surface area contributed by atoms with Crippen molar-refractivity contribution in [1.29, 1.82) is 0 Å². The van der Waals surface area contributed by atoms with Crippen LogP contribution in [0.5, 0.6) is 5.75 Å². The third kappa shape index (κ3) is 9.82. The van der Waals surface area contributed by atoms with Crippen LogP contribution < -0.4 is 14.4 Å². The molecule has 0 radical (unpaired) electrons. The van der Waals surface area contributed by atoms with E-state index in [1.54, 1.807) is 24.3 Å². The fourth-order valence-corrected chi connectivity index (χ4v) is 6.72. The van der Waals surface area contributed by atoms with E-state index in [0.717, 1.165) is 19.9 Å². The molecule has 0 spiro atoms. The quantitative estimate of drug-likeness (QED) is 0.139. The number of benzene rings is 4. The molecule has 4 aromatic carbocycles. The van der Waals surface area contributed by atoms with Crippen LogP contribution in [0.4, 0.5) is 5.69 Å². The maximum Gasteiger partial charge on any atom is 0.264 e. The zero-order valence-corrected chi connectivity index (χ0v) is 29.8. The molecule has 0 bridgehead atoms. The number of hydrogen-bond acceptors (Lipinski definition) is 5. The molecule has 2 atom stereocenters. The first kappa shape index (κ1) is 36.0.